The van der Waals surface area contributed by atoms with Crippen molar-refractivity contribution in [2.75, 3.05) is 0 Å². The Labute approximate surface area is 373 Å². The summed E-state index contributed by atoms with van der Waals surface area (Å²) < 4.78 is 13.5. The Morgan fingerprint density at radius 1 is 0.354 bits per heavy atom. The molecule has 0 atom stereocenters. The zero-order chi connectivity index (χ0) is 42.6. The molecule has 65 heavy (non-hydrogen) atoms. The van der Waals surface area contributed by atoms with Crippen molar-refractivity contribution < 1.29 is 9.15 Å². The second-order valence-corrected chi connectivity index (χ2v) is 17.0. The van der Waals surface area contributed by atoms with Crippen LogP contribution in [0.5, 0.6) is 11.5 Å². The molecule has 0 amide bonds. The van der Waals surface area contributed by atoms with Gasteiger partial charge in [0.2, 0.25) is 0 Å². The van der Waals surface area contributed by atoms with Crippen LogP contribution in [0, 0.1) is 0 Å². The quantitative estimate of drug-likeness (QED) is 0.165. The molecule has 1 aliphatic carbocycles. The fourth-order valence-corrected chi connectivity index (χ4v) is 10.7. The first-order chi connectivity index (χ1) is 32.2. The van der Waals surface area contributed by atoms with Crippen molar-refractivity contribution in [3.8, 4) is 67.8 Å². The first-order valence-electron chi connectivity index (χ1n) is 22.0. The molecule has 1 aliphatic heterocycles. The van der Waals surface area contributed by atoms with Gasteiger partial charge in [-0.2, -0.15) is 0 Å². The maximum atomic E-state index is 6.97. The van der Waals surface area contributed by atoms with E-state index in [1.807, 2.05) is 36.4 Å². The largest absolute Gasteiger partial charge is 0.457 e. The number of furan rings is 1. The summed E-state index contributed by atoms with van der Waals surface area (Å²) >= 11 is 0. The average molecular weight is 830 g/mol. The molecule has 14 rings (SSSR count). The van der Waals surface area contributed by atoms with Crippen molar-refractivity contribution in [3.63, 3.8) is 0 Å². The van der Waals surface area contributed by atoms with E-state index in [1.165, 1.54) is 22.3 Å². The second kappa shape index (κ2) is 13.7. The van der Waals surface area contributed by atoms with Crippen molar-refractivity contribution in [2.24, 2.45) is 0 Å². The monoisotopic (exact) mass is 829 g/mol. The maximum absolute atomic E-state index is 6.97. The molecule has 9 aromatic carbocycles. The van der Waals surface area contributed by atoms with Crippen LogP contribution in [0.25, 0.3) is 99.9 Å². The second-order valence-electron chi connectivity index (χ2n) is 17.0. The third-order valence-corrected chi connectivity index (χ3v) is 13.6. The van der Waals surface area contributed by atoms with Crippen molar-refractivity contribution in [3.05, 3.63) is 235 Å². The highest BCUT2D eigenvalue weighted by atomic mass is 16.5. The Morgan fingerprint density at radius 3 is 1.80 bits per heavy atom. The number of rotatable bonds is 4. The molecule has 0 radical (unpaired) electrons. The molecule has 0 N–H and O–H groups in total. The lowest BCUT2D eigenvalue weighted by atomic mass is 9.65. The van der Waals surface area contributed by atoms with Gasteiger partial charge in [0, 0.05) is 54.9 Å². The van der Waals surface area contributed by atoms with E-state index in [9.17, 15) is 0 Å². The highest BCUT2D eigenvalue weighted by Gasteiger charge is 2.51. The smallest absolute Gasteiger partial charge is 0.160 e. The van der Waals surface area contributed by atoms with Crippen molar-refractivity contribution in [1.82, 2.24) is 15.0 Å². The minimum absolute atomic E-state index is 0.567. The number of hydrogen-bond acceptors (Lipinski definition) is 5. The number of hydrogen-bond donors (Lipinski definition) is 0. The molecule has 0 saturated carbocycles. The van der Waals surface area contributed by atoms with Gasteiger partial charge in [0.1, 0.15) is 22.7 Å². The van der Waals surface area contributed by atoms with Gasteiger partial charge in [-0.1, -0.05) is 170 Å². The first kappa shape index (κ1) is 35.9. The normalized spacial score (nSPS) is 13.2. The van der Waals surface area contributed by atoms with Crippen LogP contribution < -0.4 is 4.74 Å². The van der Waals surface area contributed by atoms with Crippen LogP contribution in [-0.2, 0) is 5.41 Å². The van der Waals surface area contributed by atoms with Crippen LogP contribution in [0.2, 0.25) is 0 Å². The summed E-state index contributed by atoms with van der Waals surface area (Å²) in [7, 11) is 0. The van der Waals surface area contributed by atoms with E-state index in [-0.39, 0.29) is 0 Å². The molecule has 0 fully saturated rings. The van der Waals surface area contributed by atoms with Gasteiger partial charge in [0.15, 0.2) is 5.82 Å². The SMILES string of the molecule is c1ccc(-c2nc(-c3ccc(-c4nc5ccccc5c5cc6c(cc45)Oc4ccccc4C64c5ccccc5-c5ccccc54)cc3)cc(-c3cccc4c3oc3ccccc34)n2)cc1. The molecule has 0 bridgehead atoms. The highest BCUT2D eigenvalue weighted by Crippen LogP contribution is 2.62. The van der Waals surface area contributed by atoms with E-state index < -0.39 is 5.41 Å². The van der Waals surface area contributed by atoms with Crippen molar-refractivity contribution in [1.29, 1.82) is 0 Å². The van der Waals surface area contributed by atoms with Gasteiger partial charge in [-0.05, 0) is 70.1 Å². The number of fused-ring (bicyclic) bond motifs is 15. The molecule has 0 saturated heterocycles. The Morgan fingerprint density at radius 2 is 0.985 bits per heavy atom. The number of para-hydroxylation sites is 4. The predicted octanol–water partition coefficient (Wildman–Crippen LogP) is 15.2. The fraction of sp³-hybridized carbons (Fsp3) is 0.0167. The van der Waals surface area contributed by atoms with Gasteiger partial charge in [0.25, 0.3) is 0 Å². The molecule has 0 unspecified atom stereocenters. The fourth-order valence-electron chi connectivity index (χ4n) is 10.7. The maximum Gasteiger partial charge on any atom is 0.160 e. The van der Waals surface area contributed by atoms with Crippen LogP contribution in [0.1, 0.15) is 22.3 Å². The lowest BCUT2D eigenvalue weighted by molar-refractivity contribution is 0.437. The predicted molar refractivity (Wildman–Crippen MR) is 261 cm³/mol. The minimum Gasteiger partial charge on any atom is -0.457 e. The summed E-state index contributed by atoms with van der Waals surface area (Å²) in [6.07, 6.45) is 0. The number of ether oxygens (including phenoxy) is 1. The molecule has 5 heteroatoms. The number of pyridine rings is 1. The van der Waals surface area contributed by atoms with E-state index >= 15 is 0 Å². The third kappa shape index (κ3) is 5.18. The Balaban J connectivity index is 0.952. The van der Waals surface area contributed by atoms with Gasteiger partial charge in [-0.3, -0.25) is 0 Å². The van der Waals surface area contributed by atoms with Crippen molar-refractivity contribution in [2.45, 2.75) is 5.41 Å². The highest BCUT2D eigenvalue weighted by molar-refractivity contribution is 6.13. The van der Waals surface area contributed by atoms with Crippen LogP contribution >= 0.6 is 0 Å². The van der Waals surface area contributed by atoms with E-state index in [0.29, 0.717) is 5.82 Å². The minimum atomic E-state index is -0.567. The number of aromatic nitrogens is 3. The van der Waals surface area contributed by atoms with Crippen LogP contribution in [-0.4, -0.2) is 15.0 Å². The molecule has 1 spiro atoms. The molecule has 3 aromatic heterocycles. The van der Waals surface area contributed by atoms with Crippen LogP contribution in [0.4, 0.5) is 0 Å². The first-order valence-corrected chi connectivity index (χ1v) is 22.0. The summed E-state index contributed by atoms with van der Waals surface area (Å²) in [4.78, 5) is 15.7. The van der Waals surface area contributed by atoms with E-state index in [2.05, 4.69) is 176 Å². The standard InChI is InChI=1S/C60H35N3O2/c1-2-15-38(16-3-1)59-62-52(35-53(63-59)44-22-14-21-43-42-20-7-12-27-54(42)65-58(43)44)36-29-31-37(32-30-36)57-46-34-56-50(33-45(46)41-19-6-11-26-51(41)61-57)60(49-25-10-13-28-55(49)64-56)47-23-8-4-17-39(47)40-18-5-9-24-48(40)60/h1-35H. The number of nitrogens with zero attached hydrogens (tertiary/aromatic N) is 3. The summed E-state index contributed by atoms with van der Waals surface area (Å²) in [6, 6.07) is 74.7. The summed E-state index contributed by atoms with van der Waals surface area (Å²) in [5.74, 6) is 2.34. The lowest BCUT2D eigenvalue weighted by Gasteiger charge is -2.39. The molecule has 12 aromatic rings. The molecule has 2 aliphatic rings. The molecular weight excluding hydrogens is 795 g/mol. The summed E-state index contributed by atoms with van der Waals surface area (Å²) in [5, 5.41) is 5.39. The zero-order valence-electron chi connectivity index (χ0n) is 34.9. The van der Waals surface area contributed by atoms with Crippen LogP contribution in [0.15, 0.2) is 217 Å². The van der Waals surface area contributed by atoms with E-state index in [0.717, 1.165) is 106 Å². The average Bonchev–Trinajstić information content (AvgIpc) is 3.90. The molecule has 302 valence electrons. The zero-order valence-corrected chi connectivity index (χ0v) is 34.9. The van der Waals surface area contributed by atoms with Gasteiger partial charge in [-0.25, -0.2) is 15.0 Å². The van der Waals surface area contributed by atoms with E-state index in [1.54, 1.807) is 0 Å². The lowest BCUT2D eigenvalue weighted by Crippen LogP contribution is -2.32. The topological polar surface area (TPSA) is 61.0 Å². The van der Waals surface area contributed by atoms with E-state index in [4.69, 9.17) is 24.1 Å². The Bertz CT molecular complexity index is 3880. The van der Waals surface area contributed by atoms with Gasteiger partial charge in [-0.15, -0.1) is 0 Å². The van der Waals surface area contributed by atoms with Gasteiger partial charge in [0.05, 0.1) is 28.0 Å². The Kier molecular flexibility index (Phi) is 7.54. The van der Waals surface area contributed by atoms with Gasteiger partial charge >= 0.3 is 0 Å². The van der Waals surface area contributed by atoms with Gasteiger partial charge < -0.3 is 9.15 Å². The van der Waals surface area contributed by atoms with Crippen LogP contribution in [0.3, 0.4) is 0 Å². The summed E-state index contributed by atoms with van der Waals surface area (Å²) in [6.45, 7) is 0. The number of benzene rings is 9. The summed E-state index contributed by atoms with van der Waals surface area (Å²) in [5.41, 5.74) is 15.7. The molecule has 4 heterocycles. The Hall–Kier alpha value is -8.67. The van der Waals surface area contributed by atoms with Crippen molar-refractivity contribution >= 4 is 43.6 Å². The third-order valence-electron chi connectivity index (χ3n) is 13.6. The molecule has 5 nitrogen and oxygen atoms in total. The molecular formula is C60H35N3O2.